The summed E-state index contributed by atoms with van der Waals surface area (Å²) in [4.78, 5) is 30.3. The number of aromatic nitrogens is 2. The van der Waals surface area contributed by atoms with Crippen molar-refractivity contribution in [3.8, 4) is 11.1 Å². The Balaban J connectivity index is 1.77. The summed E-state index contributed by atoms with van der Waals surface area (Å²) < 4.78 is 15.1. The van der Waals surface area contributed by atoms with Crippen molar-refractivity contribution < 1.29 is 9.18 Å². The van der Waals surface area contributed by atoms with Gasteiger partial charge in [-0.1, -0.05) is 42.0 Å². The number of ketones is 1. The normalized spacial score (nSPS) is 11.0. The average molecular weight is 378 g/mol. The van der Waals surface area contributed by atoms with Crippen LogP contribution in [0.15, 0.2) is 65.0 Å². The highest BCUT2D eigenvalue weighted by Gasteiger charge is 2.16. The quantitative estimate of drug-likeness (QED) is 0.493. The van der Waals surface area contributed by atoms with Gasteiger partial charge >= 0.3 is 0 Å². The van der Waals surface area contributed by atoms with Crippen LogP contribution in [0, 0.1) is 12.7 Å². The molecule has 0 aliphatic heterocycles. The Bertz CT molecular complexity index is 1210. The van der Waals surface area contributed by atoms with E-state index >= 15 is 0 Å². The first-order valence-electron chi connectivity index (χ1n) is 8.36. The molecule has 4 nitrogen and oxygen atoms in total. The Morgan fingerprint density at radius 3 is 2.63 bits per heavy atom. The number of fused-ring (bicyclic) bond motifs is 1. The number of rotatable bonds is 4. The van der Waals surface area contributed by atoms with Crippen LogP contribution in [0.4, 0.5) is 4.39 Å². The lowest BCUT2D eigenvalue weighted by molar-refractivity contribution is 0.0966. The van der Waals surface area contributed by atoms with Gasteiger partial charge in [0.1, 0.15) is 10.6 Å². The van der Waals surface area contributed by atoms with E-state index in [4.69, 9.17) is 0 Å². The fourth-order valence-corrected chi connectivity index (χ4v) is 3.86. The van der Waals surface area contributed by atoms with Gasteiger partial charge in [0.05, 0.1) is 23.8 Å². The van der Waals surface area contributed by atoms with Crippen LogP contribution in [0.1, 0.15) is 15.9 Å². The van der Waals surface area contributed by atoms with Crippen LogP contribution < -0.4 is 5.56 Å². The van der Waals surface area contributed by atoms with Crippen LogP contribution in [0.5, 0.6) is 0 Å². The minimum atomic E-state index is -0.597. The highest BCUT2D eigenvalue weighted by molar-refractivity contribution is 7.17. The highest BCUT2D eigenvalue weighted by Crippen LogP contribution is 2.30. The Hall–Kier alpha value is -3.12. The van der Waals surface area contributed by atoms with Gasteiger partial charge in [-0.15, -0.1) is 11.3 Å². The maximum absolute atomic E-state index is 13.8. The second-order valence-corrected chi connectivity index (χ2v) is 7.13. The van der Waals surface area contributed by atoms with Crippen molar-refractivity contribution >= 4 is 27.3 Å². The predicted molar refractivity (Wildman–Crippen MR) is 105 cm³/mol. The fourth-order valence-electron chi connectivity index (χ4n) is 2.95. The van der Waals surface area contributed by atoms with Gasteiger partial charge in [-0.25, -0.2) is 9.37 Å². The number of hydrogen-bond donors (Lipinski definition) is 0. The molecule has 0 amide bonds. The molecule has 4 aromatic rings. The van der Waals surface area contributed by atoms with Crippen molar-refractivity contribution in [1.82, 2.24) is 9.55 Å². The highest BCUT2D eigenvalue weighted by atomic mass is 32.1. The number of halogens is 1. The zero-order chi connectivity index (χ0) is 19.0. The zero-order valence-electron chi connectivity index (χ0n) is 14.5. The predicted octanol–water partition coefficient (Wildman–Crippen LogP) is 4.46. The summed E-state index contributed by atoms with van der Waals surface area (Å²) >= 11 is 1.38. The van der Waals surface area contributed by atoms with Gasteiger partial charge < -0.3 is 0 Å². The number of thiophene rings is 1. The molecule has 0 saturated carbocycles. The average Bonchev–Trinajstić information content (AvgIpc) is 3.10. The Morgan fingerprint density at radius 2 is 1.89 bits per heavy atom. The first kappa shape index (κ1) is 17.3. The first-order valence-corrected chi connectivity index (χ1v) is 9.24. The molecule has 0 fully saturated rings. The van der Waals surface area contributed by atoms with Gasteiger partial charge in [-0.3, -0.25) is 14.2 Å². The van der Waals surface area contributed by atoms with E-state index in [0.717, 1.165) is 16.7 Å². The molecular weight excluding hydrogens is 363 g/mol. The molecule has 134 valence electrons. The van der Waals surface area contributed by atoms with E-state index in [9.17, 15) is 14.0 Å². The maximum atomic E-state index is 13.8. The molecule has 6 heteroatoms. The third kappa shape index (κ3) is 3.19. The molecule has 2 aromatic heterocycles. The summed E-state index contributed by atoms with van der Waals surface area (Å²) in [7, 11) is 0. The number of Topliss-reactive ketones (excluding diaryl/α,β-unsaturated/α-hetero) is 1. The topological polar surface area (TPSA) is 52.0 Å². The third-order valence-corrected chi connectivity index (χ3v) is 5.30. The minimum Gasteiger partial charge on any atom is -0.292 e. The second-order valence-electron chi connectivity index (χ2n) is 6.28. The van der Waals surface area contributed by atoms with E-state index < -0.39 is 11.6 Å². The SMILES string of the molecule is Cc1ccc(-c2csc3ncn(CC(=O)c4ccccc4F)c(=O)c23)cc1. The molecule has 27 heavy (non-hydrogen) atoms. The molecule has 4 rings (SSSR count). The van der Waals surface area contributed by atoms with Gasteiger partial charge in [0.2, 0.25) is 0 Å². The van der Waals surface area contributed by atoms with Crippen molar-refractivity contribution in [2.75, 3.05) is 0 Å². The van der Waals surface area contributed by atoms with Crippen molar-refractivity contribution in [1.29, 1.82) is 0 Å². The molecule has 0 saturated heterocycles. The van der Waals surface area contributed by atoms with Gasteiger partial charge in [0.15, 0.2) is 5.78 Å². The molecule has 0 spiro atoms. The van der Waals surface area contributed by atoms with Crippen LogP contribution in [0.25, 0.3) is 21.3 Å². The molecular formula is C21H15FN2O2S. The fraction of sp³-hybridized carbons (Fsp3) is 0.0952. The van der Waals surface area contributed by atoms with Crippen molar-refractivity contribution in [2.24, 2.45) is 0 Å². The molecule has 0 atom stereocenters. The molecule has 0 radical (unpaired) electrons. The van der Waals surface area contributed by atoms with E-state index in [-0.39, 0.29) is 17.7 Å². The molecule has 0 bridgehead atoms. The first-order chi connectivity index (χ1) is 13.0. The van der Waals surface area contributed by atoms with E-state index in [1.807, 2.05) is 36.6 Å². The van der Waals surface area contributed by atoms with Crippen molar-refractivity contribution in [3.63, 3.8) is 0 Å². The second kappa shape index (κ2) is 6.89. The molecule has 2 aromatic carbocycles. The zero-order valence-corrected chi connectivity index (χ0v) is 15.3. The largest absolute Gasteiger partial charge is 0.292 e. The van der Waals surface area contributed by atoms with Gasteiger partial charge in [-0.05, 0) is 24.6 Å². The summed E-state index contributed by atoms with van der Waals surface area (Å²) in [6.45, 7) is 1.74. The van der Waals surface area contributed by atoms with Gasteiger partial charge in [-0.2, -0.15) is 0 Å². The van der Waals surface area contributed by atoms with E-state index in [0.29, 0.717) is 10.2 Å². The van der Waals surface area contributed by atoms with Crippen LogP contribution >= 0.6 is 11.3 Å². The standard InChI is InChI=1S/C21H15FN2O2S/c1-13-6-8-14(9-7-13)16-11-27-20-19(16)21(26)24(12-23-20)10-18(25)15-4-2-3-5-17(15)22/h2-9,11-12H,10H2,1H3. The molecule has 2 heterocycles. The number of carbonyl (C=O) groups excluding carboxylic acids is 1. The maximum Gasteiger partial charge on any atom is 0.263 e. The molecule has 0 aliphatic carbocycles. The van der Waals surface area contributed by atoms with Gasteiger partial charge in [0.25, 0.3) is 5.56 Å². The lowest BCUT2D eigenvalue weighted by Crippen LogP contribution is -2.25. The van der Waals surface area contributed by atoms with Crippen LogP contribution in [-0.2, 0) is 6.54 Å². The Kier molecular flexibility index (Phi) is 4.41. The molecule has 0 unspecified atom stereocenters. The molecule has 0 aliphatic rings. The van der Waals surface area contributed by atoms with E-state index in [1.165, 1.54) is 40.4 Å². The Morgan fingerprint density at radius 1 is 1.15 bits per heavy atom. The number of carbonyl (C=O) groups is 1. The minimum absolute atomic E-state index is 0.0337. The smallest absolute Gasteiger partial charge is 0.263 e. The van der Waals surface area contributed by atoms with Crippen molar-refractivity contribution in [2.45, 2.75) is 13.5 Å². The Labute approximate surface area is 158 Å². The lowest BCUT2D eigenvalue weighted by Gasteiger charge is -2.07. The van der Waals surface area contributed by atoms with Crippen LogP contribution in [-0.4, -0.2) is 15.3 Å². The van der Waals surface area contributed by atoms with Crippen LogP contribution in [0.2, 0.25) is 0 Å². The van der Waals surface area contributed by atoms with E-state index in [2.05, 4.69) is 4.98 Å². The number of hydrogen-bond acceptors (Lipinski definition) is 4. The molecule has 0 N–H and O–H groups in total. The summed E-state index contributed by atoms with van der Waals surface area (Å²) in [5.41, 5.74) is 2.50. The number of benzene rings is 2. The van der Waals surface area contributed by atoms with E-state index in [1.54, 1.807) is 6.07 Å². The van der Waals surface area contributed by atoms with Gasteiger partial charge in [0, 0.05) is 10.9 Å². The monoisotopic (exact) mass is 378 g/mol. The summed E-state index contributed by atoms with van der Waals surface area (Å²) in [5, 5.41) is 2.37. The summed E-state index contributed by atoms with van der Waals surface area (Å²) in [5.74, 6) is -1.07. The summed E-state index contributed by atoms with van der Waals surface area (Å²) in [6, 6.07) is 13.6. The summed E-state index contributed by atoms with van der Waals surface area (Å²) in [6.07, 6.45) is 1.35. The lowest BCUT2D eigenvalue weighted by atomic mass is 10.0. The third-order valence-electron chi connectivity index (χ3n) is 4.41. The van der Waals surface area contributed by atoms with Crippen LogP contribution in [0.3, 0.4) is 0 Å². The number of nitrogens with zero attached hydrogens (tertiary/aromatic N) is 2. The number of aryl methyl sites for hydroxylation is 1. The van der Waals surface area contributed by atoms with Crippen molar-refractivity contribution in [3.05, 3.63) is 87.5 Å².